The van der Waals surface area contributed by atoms with Crippen molar-refractivity contribution in [2.45, 2.75) is 13.0 Å². The molecule has 0 aliphatic rings. The average Bonchev–Trinajstić information content (AvgIpc) is 2.32. The van der Waals surface area contributed by atoms with E-state index in [-0.39, 0.29) is 11.9 Å². The molecule has 0 aliphatic heterocycles. The molecule has 0 aliphatic carbocycles. The Morgan fingerprint density at radius 2 is 2.06 bits per heavy atom. The van der Waals surface area contributed by atoms with Crippen LogP contribution in [0.2, 0.25) is 0 Å². The van der Waals surface area contributed by atoms with Crippen molar-refractivity contribution in [3.8, 4) is 0 Å². The lowest BCUT2D eigenvalue weighted by atomic mass is 10.2. The van der Waals surface area contributed by atoms with Crippen LogP contribution >= 0.6 is 0 Å². The molecule has 5 heteroatoms. The second kappa shape index (κ2) is 7.18. The molecule has 0 saturated carbocycles. The van der Waals surface area contributed by atoms with Crippen LogP contribution in [0.3, 0.4) is 0 Å². The van der Waals surface area contributed by atoms with Gasteiger partial charge in [-0.1, -0.05) is 0 Å². The molecule has 0 spiro atoms. The van der Waals surface area contributed by atoms with E-state index < -0.39 is 0 Å². The van der Waals surface area contributed by atoms with E-state index in [0.717, 1.165) is 0 Å². The van der Waals surface area contributed by atoms with Gasteiger partial charge in [-0.2, -0.15) is 0 Å². The van der Waals surface area contributed by atoms with Crippen molar-refractivity contribution < 1.29 is 13.9 Å². The molecule has 0 heterocycles. The molecule has 0 radical (unpaired) electrons. The Balaban J connectivity index is 2.93. The smallest absolute Gasteiger partial charge is 0.148 e. The lowest BCUT2D eigenvalue weighted by Gasteiger charge is -2.31. The minimum absolute atomic E-state index is 0.0586. The Kier molecular flexibility index (Phi) is 5.88. The van der Waals surface area contributed by atoms with E-state index in [1.54, 1.807) is 26.4 Å². The minimum atomic E-state index is -0.325. The maximum atomic E-state index is 13.9. The van der Waals surface area contributed by atoms with Crippen molar-refractivity contribution in [1.29, 1.82) is 0 Å². The third-order valence-electron chi connectivity index (χ3n) is 2.76. The standard InChI is InChI=1S/C13H21FN2O2/c1-10(9-18-3)16(6-7-17-2)13-5-4-11(15)8-12(13)14/h4-5,8,10H,6-7,9,15H2,1-3H3. The van der Waals surface area contributed by atoms with Gasteiger partial charge in [-0.3, -0.25) is 0 Å². The van der Waals surface area contributed by atoms with Crippen LogP contribution in [0.15, 0.2) is 18.2 Å². The fourth-order valence-electron chi connectivity index (χ4n) is 1.86. The number of nitrogens with two attached hydrogens (primary N) is 1. The van der Waals surface area contributed by atoms with Gasteiger partial charge in [0.1, 0.15) is 5.82 Å². The van der Waals surface area contributed by atoms with E-state index in [1.165, 1.54) is 6.07 Å². The molecule has 4 nitrogen and oxygen atoms in total. The summed E-state index contributed by atoms with van der Waals surface area (Å²) in [4.78, 5) is 1.92. The molecular formula is C13H21FN2O2. The molecule has 1 aromatic carbocycles. The quantitative estimate of drug-likeness (QED) is 0.757. The zero-order valence-corrected chi connectivity index (χ0v) is 11.1. The van der Waals surface area contributed by atoms with Crippen molar-refractivity contribution in [2.24, 2.45) is 0 Å². The van der Waals surface area contributed by atoms with Gasteiger partial charge in [-0.05, 0) is 25.1 Å². The van der Waals surface area contributed by atoms with Crippen molar-refractivity contribution in [3.63, 3.8) is 0 Å². The summed E-state index contributed by atoms with van der Waals surface area (Å²) in [5.41, 5.74) is 6.49. The largest absolute Gasteiger partial charge is 0.399 e. The molecule has 102 valence electrons. The molecule has 18 heavy (non-hydrogen) atoms. The molecule has 2 N–H and O–H groups in total. The van der Waals surface area contributed by atoms with E-state index in [0.29, 0.717) is 31.1 Å². The Hall–Kier alpha value is -1.33. The van der Waals surface area contributed by atoms with Crippen LogP contribution in [0.4, 0.5) is 15.8 Å². The number of nitrogen functional groups attached to an aromatic ring is 1. The van der Waals surface area contributed by atoms with Crippen LogP contribution in [0.1, 0.15) is 6.92 Å². The third kappa shape index (κ3) is 3.85. The van der Waals surface area contributed by atoms with E-state index in [2.05, 4.69) is 0 Å². The van der Waals surface area contributed by atoms with E-state index in [1.807, 2.05) is 11.8 Å². The van der Waals surface area contributed by atoms with E-state index in [4.69, 9.17) is 15.2 Å². The first-order valence-electron chi connectivity index (χ1n) is 5.89. The summed E-state index contributed by atoms with van der Waals surface area (Å²) in [7, 11) is 3.25. The van der Waals surface area contributed by atoms with E-state index in [9.17, 15) is 4.39 Å². The minimum Gasteiger partial charge on any atom is -0.399 e. The molecular weight excluding hydrogens is 235 g/mol. The fraction of sp³-hybridized carbons (Fsp3) is 0.538. The van der Waals surface area contributed by atoms with Gasteiger partial charge in [0, 0.05) is 32.5 Å². The number of nitrogens with zero attached hydrogens (tertiary/aromatic N) is 1. The lowest BCUT2D eigenvalue weighted by molar-refractivity contribution is 0.170. The summed E-state index contributed by atoms with van der Waals surface area (Å²) in [5, 5.41) is 0. The van der Waals surface area contributed by atoms with Gasteiger partial charge in [0.25, 0.3) is 0 Å². The summed E-state index contributed by atoms with van der Waals surface area (Å²) in [6.07, 6.45) is 0. The third-order valence-corrected chi connectivity index (χ3v) is 2.76. The Morgan fingerprint density at radius 1 is 1.33 bits per heavy atom. The predicted octanol–water partition coefficient (Wildman–Crippen LogP) is 1.90. The Morgan fingerprint density at radius 3 is 2.61 bits per heavy atom. The number of ether oxygens (including phenoxy) is 2. The van der Waals surface area contributed by atoms with E-state index >= 15 is 0 Å². The Bertz CT molecular complexity index is 374. The summed E-state index contributed by atoms with van der Waals surface area (Å²) in [6, 6.07) is 4.77. The summed E-state index contributed by atoms with van der Waals surface area (Å²) in [6.45, 7) is 3.63. The first kappa shape index (κ1) is 14.7. The molecule has 0 bridgehead atoms. The number of hydrogen-bond donors (Lipinski definition) is 1. The molecule has 0 aromatic heterocycles. The molecule has 0 amide bonds. The highest BCUT2D eigenvalue weighted by molar-refractivity contribution is 5.55. The second-order valence-electron chi connectivity index (χ2n) is 4.20. The van der Waals surface area contributed by atoms with Crippen LogP contribution in [0.5, 0.6) is 0 Å². The second-order valence-corrected chi connectivity index (χ2v) is 4.20. The van der Waals surface area contributed by atoms with Gasteiger partial charge in [-0.25, -0.2) is 4.39 Å². The molecule has 1 rings (SSSR count). The molecule has 1 unspecified atom stereocenters. The van der Waals surface area contributed by atoms with Gasteiger partial charge >= 0.3 is 0 Å². The van der Waals surface area contributed by atoms with Crippen LogP contribution in [-0.2, 0) is 9.47 Å². The summed E-state index contributed by atoms with van der Waals surface area (Å²) >= 11 is 0. The first-order valence-corrected chi connectivity index (χ1v) is 5.89. The van der Waals surface area contributed by atoms with Crippen molar-refractivity contribution in [2.75, 3.05) is 44.6 Å². The molecule has 0 fully saturated rings. The maximum Gasteiger partial charge on any atom is 0.148 e. The number of hydrogen-bond acceptors (Lipinski definition) is 4. The van der Waals surface area contributed by atoms with Crippen LogP contribution in [-0.4, -0.2) is 40.0 Å². The van der Waals surface area contributed by atoms with Crippen LogP contribution < -0.4 is 10.6 Å². The number of benzene rings is 1. The highest BCUT2D eigenvalue weighted by Gasteiger charge is 2.17. The van der Waals surface area contributed by atoms with Gasteiger partial charge in [0.15, 0.2) is 0 Å². The van der Waals surface area contributed by atoms with Gasteiger partial charge < -0.3 is 20.1 Å². The number of rotatable bonds is 7. The van der Waals surface area contributed by atoms with Crippen LogP contribution in [0.25, 0.3) is 0 Å². The number of anilines is 2. The number of halogens is 1. The van der Waals surface area contributed by atoms with Crippen molar-refractivity contribution >= 4 is 11.4 Å². The first-order chi connectivity index (χ1) is 8.60. The highest BCUT2D eigenvalue weighted by Crippen LogP contribution is 2.23. The normalized spacial score (nSPS) is 12.4. The van der Waals surface area contributed by atoms with Crippen molar-refractivity contribution in [3.05, 3.63) is 24.0 Å². The van der Waals surface area contributed by atoms with Crippen LogP contribution in [0, 0.1) is 5.82 Å². The maximum absolute atomic E-state index is 13.9. The van der Waals surface area contributed by atoms with Gasteiger partial charge in [-0.15, -0.1) is 0 Å². The zero-order valence-electron chi connectivity index (χ0n) is 11.1. The predicted molar refractivity (Wildman–Crippen MR) is 71.4 cm³/mol. The summed E-state index contributed by atoms with van der Waals surface area (Å²) < 4.78 is 24.1. The lowest BCUT2D eigenvalue weighted by Crippen LogP contribution is -2.39. The molecule has 0 saturated heterocycles. The SMILES string of the molecule is COCCN(c1ccc(N)cc1F)C(C)COC. The average molecular weight is 256 g/mol. The molecule has 1 atom stereocenters. The highest BCUT2D eigenvalue weighted by atomic mass is 19.1. The van der Waals surface area contributed by atoms with Crippen molar-refractivity contribution in [1.82, 2.24) is 0 Å². The van der Waals surface area contributed by atoms with Gasteiger partial charge in [0.05, 0.1) is 18.9 Å². The number of methoxy groups -OCH3 is 2. The Labute approximate surface area is 107 Å². The van der Waals surface area contributed by atoms with Gasteiger partial charge in [0.2, 0.25) is 0 Å². The summed E-state index contributed by atoms with van der Waals surface area (Å²) in [5.74, 6) is -0.325. The topological polar surface area (TPSA) is 47.7 Å². The zero-order chi connectivity index (χ0) is 13.5. The molecule has 1 aromatic rings. The fourth-order valence-corrected chi connectivity index (χ4v) is 1.86. The monoisotopic (exact) mass is 256 g/mol.